The van der Waals surface area contributed by atoms with E-state index in [9.17, 15) is 9.90 Å². The quantitative estimate of drug-likeness (QED) is 0.144. The second-order valence-electron chi connectivity index (χ2n) is 13.1. The lowest BCUT2D eigenvalue weighted by Crippen LogP contribution is -2.38. The second kappa shape index (κ2) is 15.7. The van der Waals surface area contributed by atoms with Crippen molar-refractivity contribution >= 4 is 16.9 Å². The van der Waals surface area contributed by atoms with Gasteiger partial charge in [-0.15, -0.1) is 0 Å². The van der Waals surface area contributed by atoms with Crippen LogP contribution in [0.5, 0.6) is 0 Å². The zero-order valence-corrected chi connectivity index (χ0v) is 28.9. The van der Waals surface area contributed by atoms with Crippen LogP contribution in [-0.4, -0.2) is 45.6 Å². The first kappa shape index (κ1) is 34.2. The van der Waals surface area contributed by atoms with Crippen LogP contribution in [0.25, 0.3) is 22.2 Å². The molecule has 7 rings (SSSR count). The molecule has 1 amide bonds. The molecule has 5 aromatic carbocycles. The minimum Gasteiger partial charge on any atom is -0.392 e. The molecule has 0 spiro atoms. The number of aliphatic hydroxyl groups excluding tert-OH is 1. The van der Waals surface area contributed by atoms with Gasteiger partial charge in [0.2, 0.25) is 0 Å². The molecule has 8 nitrogen and oxygen atoms in total. The number of rotatable bonds is 11. The molecule has 2 N–H and O–H groups in total. The van der Waals surface area contributed by atoms with E-state index in [0.717, 1.165) is 51.9 Å². The molecule has 0 radical (unpaired) electrons. The molecule has 0 aliphatic carbocycles. The number of hydrogen-bond acceptors (Lipinski definition) is 7. The summed E-state index contributed by atoms with van der Waals surface area (Å²) in [7, 11) is 2.14. The lowest BCUT2D eigenvalue weighted by Gasteiger charge is -2.39. The Morgan fingerprint density at radius 3 is 2.31 bits per heavy atom. The SMILES string of the molecule is C[C@@H](c1ccccc1)N(C)C[C@H]1C[C@@H](c2ccc(CO)cc2)O[C@@H](c2ccc(-c3cccc(CNC(=O)c4cnc5ccccc5n4)c3)cc2)O1. The number of ether oxygens (including phenoxy) is 2. The molecule has 1 saturated heterocycles. The van der Waals surface area contributed by atoms with Gasteiger partial charge in [-0.1, -0.05) is 109 Å². The molecule has 4 atom stereocenters. The summed E-state index contributed by atoms with van der Waals surface area (Å²) in [5.74, 6) is -0.267. The van der Waals surface area contributed by atoms with Gasteiger partial charge in [0.25, 0.3) is 5.91 Å². The smallest absolute Gasteiger partial charge is 0.271 e. The van der Waals surface area contributed by atoms with Gasteiger partial charge in [-0.25, -0.2) is 4.98 Å². The largest absolute Gasteiger partial charge is 0.392 e. The Morgan fingerprint density at radius 2 is 1.55 bits per heavy atom. The van der Waals surface area contributed by atoms with Crippen LogP contribution < -0.4 is 5.32 Å². The van der Waals surface area contributed by atoms with E-state index >= 15 is 0 Å². The molecule has 0 unspecified atom stereocenters. The van der Waals surface area contributed by atoms with Gasteiger partial charge in [0, 0.05) is 31.1 Å². The van der Waals surface area contributed by atoms with E-state index in [2.05, 4.69) is 94.8 Å². The Balaban J connectivity index is 1.04. The summed E-state index contributed by atoms with van der Waals surface area (Å²) in [5.41, 5.74) is 8.94. The van der Waals surface area contributed by atoms with Crippen molar-refractivity contribution in [2.24, 2.45) is 0 Å². The van der Waals surface area contributed by atoms with Crippen LogP contribution in [0, 0.1) is 0 Å². The highest BCUT2D eigenvalue weighted by Gasteiger charge is 2.33. The lowest BCUT2D eigenvalue weighted by molar-refractivity contribution is -0.253. The predicted molar refractivity (Wildman–Crippen MR) is 198 cm³/mol. The van der Waals surface area contributed by atoms with Gasteiger partial charge in [-0.3, -0.25) is 14.7 Å². The van der Waals surface area contributed by atoms with Crippen molar-refractivity contribution in [3.05, 3.63) is 167 Å². The Bertz CT molecular complexity index is 2070. The Kier molecular flexibility index (Phi) is 10.6. The number of aromatic nitrogens is 2. The molecule has 8 heteroatoms. The van der Waals surface area contributed by atoms with Crippen LogP contribution in [0.15, 0.2) is 134 Å². The van der Waals surface area contributed by atoms with E-state index in [0.29, 0.717) is 12.1 Å². The summed E-state index contributed by atoms with van der Waals surface area (Å²) in [5, 5.41) is 12.6. The van der Waals surface area contributed by atoms with Crippen molar-refractivity contribution in [1.82, 2.24) is 20.2 Å². The number of amides is 1. The van der Waals surface area contributed by atoms with E-state index < -0.39 is 6.29 Å². The molecular weight excluding hydrogens is 636 g/mol. The standard InChI is InChI=1S/C43H42N4O4/c1-29(32-10-4-3-5-11-32)47(2)27-37-24-41(34-17-15-30(28-48)16-18-34)51-43(50-37)35-21-19-33(20-22-35)36-12-8-9-31(23-36)25-45-42(49)40-26-44-38-13-6-7-14-39(38)46-40/h3-23,26,29,37,41,43,48H,24-25,27-28H2,1-2H3,(H,45,49)/t29-,37+,41-,43-/m0/s1. The van der Waals surface area contributed by atoms with Crippen molar-refractivity contribution < 1.29 is 19.4 Å². The molecule has 6 aromatic rings. The number of benzene rings is 5. The maximum Gasteiger partial charge on any atom is 0.271 e. The zero-order chi connectivity index (χ0) is 35.2. The van der Waals surface area contributed by atoms with Gasteiger partial charge in [-0.05, 0) is 65.6 Å². The summed E-state index contributed by atoms with van der Waals surface area (Å²) in [6, 6.07) is 42.7. The zero-order valence-electron chi connectivity index (χ0n) is 28.9. The van der Waals surface area contributed by atoms with Crippen LogP contribution in [0.1, 0.15) is 70.1 Å². The third-order valence-electron chi connectivity index (χ3n) is 9.63. The third-order valence-corrected chi connectivity index (χ3v) is 9.63. The molecule has 1 aromatic heterocycles. The van der Waals surface area contributed by atoms with Crippen molar-refractivity contribution in [2.75, 3.05) is 13.6 Å². The number of fused-ring (bicyclic) bond motifs is 1. The normalized spacial score (nSPS) is 18.1. The molecule has 51 heavy (non-hydrogen) atoms. The number of para-hydroxylation sites is 2. The Hall–Kier alpha value is -5.25. The lowest BCUT2D eigenvalue weighted by atomic mass is 9.98. The first-order valence-corrected chi connectivity index (χ1v) is 17.4. The summed E-state index contributed by atoms with van der Waals surface area (Å²) < 4.78 is 13.3. The van der Waals surface area contributed by atoms with Gasteiger partial charge in [0.1, 0.15) is 5.69 Å². The van der Waals surface area contributed by atoms with Crippen LogP contribution in [-0.2, 0) is 22.6 Å². The van der Waals surface area contributed by atoms with Crippen LogP contribution in [0.3, 0.4) is 0 Å². The number of carbonyl (C=O) groups is 1. The van der Waals surface area contributed by atoms with Gasteiger partial charge >= 0.3 is 0 Å². The van der Waals surface area contributed by atoms with Crippen molar-refractivity contribution in [1.29, 1.82) is 0 Å². The molecule has 1 aliphatic heterocycles. The number of likely N-dealkylation sites (N-methyl/N-ethyl adjacent to an activating group) is 1. The summed E-state index contributed by atoms with van der Waals surface area (Å²) >= 11 is 0. The minimum atomic E-state index is -0.541. The van der Waals surface area contributed by atoms with Crippen molar-refractivity contribution in [2.45, 2.75) is 51.0 Å². The molecule has 0 bridgehead atoms. The average molecular weight is 679 g/mol. The molecular formula is C43H42N4O4. The summed E-state index contributed by atoms with van der Waals surface area (Å²) in [6.07, 6.45) is 1.47. The monoisotopic (exact) mass is 678 g/mol. The highest BCUT2D eigenvalue weighted by atomic mass is 16.7. The first-order chi connectivity index (χ1) is 24.9. The fourth-order valence-electron chi connectivity index (χ4n) is 6.53. The Morgan fingerprint density at radius 1 is 0.824 bits per heavy atom. The molecule has 2 heterocycles. The van der Waals surface area contributed by atoms with E-state index in [-0.39, 0.29) is 36.5 Å². The predicted octanol–water partition coefficient (Wildman–Crippen LogP) is 7.96. The molecule has 1 aliphatic rings. The van der Waals surface area contributed by atoms with Crippen molar-refractivity contribution in [3.8, 4) is 11.1 Å². The maximum atomic E-state index is 12.9. The second-order valence-corrected chi connectivity index (χ2v) is 13.1. The van der Waals surface area contributed by atoms with E-state index in [1.54, 1.807) is 0 Å². The average Bonchev–Trinajstić information content (AvgIpc) is 3.19. The molecule has 258 valence electrons. The van der Waals surface area contributed by atoms with Crippen LogP contribution >= 0.6 is 0 Å². The number of hydrogen-bond donors (Lipinski definition) is 2. The van der Waals surface area contributed by atoms with Gasteiger partial charge in [0.05, 0.1) is 36.0 Å². The fraction of sp³-hybridized carbons (Fsp3) is 0.233. The van der Waals surface area contributed by atoms with Crippen LogP contribution in [0.2, 0.25) is 0 Å². The molecule has 0 saturated carbocycles. The van der Waals surface area contributed by atoms with E-state index in [1.165, 1.54) is 11.8 Å². The Labute approximate surface area is 298 Å². The number of nitrogens with zero attached hydrogens (tertiary/aromatic N) is 3. The maximum absolute atomic E-state index is 12.9. The highest BCUT2D eigenvalue weighted by Crippen LogP contribution is 2.39. The van der Waals surface area contributed by atoms with E-state index in [1.807, 2.05) is 66.7 Å². The topological polar surface area (TPSA) is 96.8 Å². The summed E-state index contributed by atoms with van der Waals surface area (Å²) in [4.78, 5) is 24.0. The number of aliphatic hydroxyl groups is 1. The molecule has 1 fully saturated rings. The number of nitrogens with one attached hydrogen (secondary N) is 1. The first-order valence-electron chi connectivity index (χ1n) is 17.4. The summed E-state index contributed by atoms with van der Waals surface area (Å²) in [6.45, 7) is 3.34. The van der Waals surface area contributed by atoms with Gasteiger partial charge in [0.15, 0.2) is 6.29 Å². The minimum absolute atomic E-state index is 0.00669. The van der Waals surface area contributed by atoms with Crippen molar-refractivity contribution in [3.63, 3.8) is 0 Å². The van der Waals surface area contributed by atoms with Gasteiger partial charge in [-0.2, -0.15) is 0 Å². The third kappa shape index (κ3) is 8.22. The number of carbonyl (C=O) groups excluding carboxylic acids is 1. The van der Waals surface area contributed by atoms with Gasteiger partial charge < -0.3 is 19.9 Å². The van der Waals surface area contributed by atoms with E-state index in [4.69, 9.17) is 9.47 Å². The van der Waals surface area contributed by atoms with Crippen LogP contribution in [0.4, 0.5) is 0 Å². The fourth-order valence-corrected chi connectivity index (χ4v) is 6.53. The highest BCUT2D eigenvalue weighted by molar-refractivity contribution is 5.93.